The number of ether oxygens (including phenoxy) is 1. The molecule has 1 aliphatic heterocycles. The zero-order chi connectivity index (χ0) is 29.4. The summed E-state index contributed by atoms with van der Waals surface area (Å²) in [4.78, 5) is 25.7. The molecule has 2 amide bonds. The van der Waals surface area contributed by atoms with Crippen LogP contribution in [0.5, 0.6) is 11.5 Å². The van der Waals surface area contributed by atoms with Crippen molar-refractivity contribution in [2.75, 3.05) is 13.1 Å². The van der Waals surface area contributed by atoms with Gasteiger partial charge < -0.3 is 15.4 Å². The van der Waals surface area contributed by atoms with Crippen LogP contribution >= 0.6 is 0 Å². The van der Waals surface area contributed by atoms with Gasteiger partial charge in [-0.2, -0.15) is 0 Å². The van der Waals surface area contributed by atoms with E-state index in [1.165, 1.54) is 0 Å². The second-order valence-corrected chi connectivity index (χ2v) is 12.0. The molecular weight excluding hydrogens is 520 g/mol. The van der Waals surface area contributed by atoms with E-state index in [0.717, 1.165) is 49.7 Å². The number of benzene rings is 5. The van der Waals surface area contributed by atoms with Crippen LogP contribution in [-0.2, 0) is 0 Å². The fraction of sp³-hybridized carbons (Fsp3) is 0.243. The van der Waals surface area contributed by atoms with Crippen molar-refractivity contribution in [3.05, 3.63) is 119 Å². The van der Waals surface area contributed by atoms with E-state index < -0.39 is 0 Å². The lowest BCUT2D eigenvalue weighted by atomic mass is 9.78. The van der Waals surface area contributed by atoms with Gasteiger partial charge in [0, 0.05) is 41.3 Å². The van der Waals surface area contributed by atoms with Crippen molar-refractivity contribution in [3.63, 3.8) is 0 Å². The maximum Gasteiger partial charge on any atom is 0.251 e. The molecule has 0 aliphatic carbocycles. The summed E-state index contributed by atoms with van der Waals surface area (Å²) in [5.74, 6) is 2.15. The van der Waals surface area contributed by atoms with E-state index in [1.807, 2.05) is 66.7 Å². The van der Waals surface area contributed by atoms with Gasteiger partial charge in [0.2, 0.25) is 0 Å². The standard InChI is InChI=1S/C37H36N2O3/c1-22(2)20-38-36(40)27-10-14-29-25(18-27)12-16-31-34(29)33(24-8-6-5-7-9-24)35-30-15-11-28(37(41)39-21-23(3)4)19-26(30)13-17-32(35)42-31/h5-19,22-23,33H,20-21H2,1-4H3,(H,38,40)(H,39,41). The average Bonchev–Trinajstić information content (AvgIpc) is 3.00. The van der Waals surface area contributed by atoms with Crippen LogP contribution in [0.25, 0.3) is 21.5 Å². The van der Waals surface area contributed by atoms with Crippen molar-refractivity contribution < 1.29 is 14.3 Å². The van der Waals surface area contributed by atoms with Gasteiger partial charge in [-0.05, 0) is 75.3 Å². The van der Waals surface area contributed by atoms with E-state index in [1.54, 1.807) is 0 Å². The van der Waals surface area contributed by atoms with Gasteiger partial charge in [0.25, 0.3) is 11.8 Å². The number of amides is 2. The van der Waals surface area contributed by atoms with Crippen molar-refractivity contribution in [1.82, 2.24) is 10.6 Å². The van der Waals surface area contributed by atoms with E-state index in [4.69, 9.17) is 4.74 Å². The van der Waals surface area contributed by atoms with E-state index in [0.29, 0.717) is 36.1 Å². The van der Waals surface area contributed by atoms with Gasteiger partial charge in [0.1, 0.15) is 11.5 Å². The molecule has 2 N–H and O–H groups in total. The summed E-state index contributed by atoms with van der Waals surface area (Å²) in [6.45, 7) is 9.61. The summed E-state index contributed by atoms with van der Waals surface area (Å²) in [6, 6.07) is 30.4. The minimum absolute atomic E-state index is 0.0660. The summed E-state index contributed by atoms with van der Waals surface area (Å²) < 4.78 is 6.57. The molecule has 0 aromatic heterocycles. The maximum atomic E-state index is 12.9. The highest BCUT2D eigenvalue weighted by molar-refractivity contribution is 6.02. The van der Waals surface area contributed by atoms with Crippen molar-refractivity contribution >= 4 is 33.4 Å². The number of nitrogens with one attached hydrogen (secondary N) is 2. The van der Waals surface area contributed by atoms with E-state index >= 15 is 0 Å². The maximum absolute atomic E-state index is 12.9. The fourth-order valence-corrected chi connectivity index (χ4v) is 5.76. The number of hydrogen-bond acceptors (Lipinski definition) is 3. The zero-order valence-electron chi connectivity index (χ0n) is 24.5. The first kappa shape index (κ1) is 27.5. The number of rotatable bonds is 7. The first-order chi connectivity index (χ1) is 20.3. The second-order valence-electron chi connectivity index (χ2n) is 12.0. The van der Waals surface area contributed by atoms with Crippen LogP contribution in [0.2, 0.25) is 0 Å². The molecule has 5 aromatic carbocycles. The highest BCUT2D eigenvalue weighted by Crippen LogP contribution is 2.52. The summed E-state index contributed by atoms with van der Waals surface area (Å²) >= 11 is 0. The van der Waals surface area contributed by atoms with Crippen LogP contribution < -0.4 is 15.4 Å². The number of carbonyl (C=O) groups is 2. The smallest absolute Gasteiger partial charge is 0.251 e. The first-order valence-electron chi connectivity index (χ1n) is 14.7. The molecule has 5 heteroatoms. The molecule has 42 heavy (non-hydrogen) atoms. The molecular formula is C37H36N2O3. The first-order valence-corrected chi connectivity index (χ1v) is 14.7. The molecule has 1 aliphatic rings. The normalized spacial score (nSPS) is 12.7. The summed E-state index contributed by atoms with van der Waals surface area (Å²) in [5, 5.41) is 10.1. The third kappa shape index (κ3) is 5.23. The van der Waals surface area contributed by atoms with Gasteiger partial charge in [0.15, 0.2) is 0 Å². The quantitative estimate of drug-likeness (QED) is 0.209. The Bertz CT molecular complexity index is 1690. The molecule has 1 heterocycles. The van der Waals surface area contributed by atoms with Gasteiger partial charge >= 0.3 is 0 Å². The summed E-state index contributed by atoms with van der Waals surface area (Å²) in [7, 11) is 0. The zero-order valence-corrected chi connectivity index (χ0v) is 24.5. The highest BCUT2D eigenvalue weighted by atomic mass is 16.5. The predicted octanol–water partition coefficient (Wildman–Crippen LogP) is 8.05. The Hall–Kier alpha value is -4.64. The predicted molar refractivity (Wildman–Crippen MR) is 170 cm³/mol. The molecule has 6 rings (SSSR count). The van der Waals surface area contributed by atoms with Gasteiger partial charge in [0.05, 0.1) is 0 Å². The minimum atomic E-state index is -0.0985. The van der Waals surface area contributed by atoms with E-state index in [2.05, 4.69) is 62.6 Å². The van der Waals surface area contributed by atoms with Crippen LogP contribution in [0.1, 0.15) is 71.0 Å². The van der Waals surface area contributed by atoms with Crippen LogP contribution in [-0.4, -0.2) is 24.9 Å². The molecule has 0 fully saturated rings. The lowest BCUT2D eigenvalue weighted by Gasteiger charge is -2.31. The van der Waals surface area contributed by atoms with Gasteiger partial charge in [-0.3, -0.25) is 9.59 Å². The van der Waals surface area contributed by atoms with Crippen molar-refractivity contribution in [3.8, 4) is 11.5 Å². The Labute approximate surface area is 246 Å². The molecule has 0 saturated carbocycles. The highest BCUT2D eigenvalue weighted by Gasteiger charge is 2.32. The largest absolute Gasteiger partial charge is 0.457 e. The Kier molecular flexibility index (Phi) is 7.42. The molecule has 0 radical (unpaired) electrons. The third-order valence-corrected chi connectivity index (χ3v) is 7.84. The van der Waals surface area contributed by atoms with Gasteiger partial charge in [-0.1, -0.05) is 82.3 Å². The van der Waals surface area contributed by atoms with Crippen molar-refractivity contribution in [2.45, 2.75) is 33.6 Å². The number of hydrogen-bond donors (Lipinski definition) is 2. The molecule has 0 bridgehead atoms. The molecule has 0 spiro atoms. The topological polar surface area (TPSA) is 67.4 Å². The second kappa shape index (κ2) is 11.3. The summed E-state index contributed by atoms with van der Waals surface area (Å²) in [6.07, 6.45) is 0. The Morgan fingerprint density at radius 1 is 0.643 bits per heavy atom. The Morgan fingerprint density at radius 3 is 1.57 bits per heavy atom. The minimum Gasteiger partial charge on any atom is -0.457 e. The molecule has 5 nitrogen and oxygen atoms in total. The van der Waals surface area contributed by atoms with E-state index in [-0.39, 0.29) is 17.7 Å². The number of fused-ring (bicyclic) bond motifs is 6. The summed E-state index contributed by atoms with van der Waals surface area (Å²) in [5.41, 5.74) is 4.59. The SMILES string of the molecule is CC(C)CNC(=O)c1ccc2c3c(ccc2c1)Oc1ccc2cc(C(=O)NCC(C)C)ccc2c1C3c1ccccc1. The Balaban J connectivity index is 1.49. The van der Waals surface area contributed by atoms with E-state index in [9.17, 15) is 9.59 Å². The fourth-order valence-electron chi connectivity index (χ4n) is 5.76. The van der Waals surface area contributed by atoms with Crippen LogP contribution in [0.4, 0.5) is 0 Å². The van der Waals surface area contributed by atoms with Crippen molar-refractivity contribution in [2.24, 2.45) is 11.8 Å². The van der Waals surface area contributed by atoms with Crippen LogP contribution in [0.15, 0.2) is 91.0 Å². The number of carbonyl (C=O) groups excluding carboxylic acids is 2. The van der Waals surface area contributed by atoms with Crippen LogP contribution in [0, 0.1) is 11.8 Å². The lowest BCUT2D eigenvalue weighted by molar-refractivity contribution is 0.0941. The van der Waals surface area contributed by atoms with Crippen LogP contribution in [0.3, 0.4) is 0 Å². The third-order valence-electron chi connectivity index (χ3n) is 7.84. The molecule has 5 aromatic rings. The van der Waals surface area contributed by atoms with Gasteiger partial charge in [-0.15, -0.1) is 0 Å². The molecule has 0 unspecified atom stereocenters. The van der Waals surface area contributed by atoms with Gasteiger partial charge in [-0.25, -0.2) is 0 Å². The molecule has 0 saturated heterocycles. The lowest BCUT2D eigenvalue weighted by Crippen LogP contribution is -2.27. The molecule has 212 valence electrons. The molecule has 0 atom stereocenters. The average molecular weight is 557 g/mol. The van der Waals surface area contributed by atoms with Crippen molar-refractivity contribution in [1.29, 1.82) is 0 Å². The monoisotopic (exact) mass is 556 g/mol. The Morgan fingerprint density at radius 2 is 1.12 bits per heavy atom.